The molecule has 0 bridgehead atoms. The second-order valence-corrected chi connectivity index (χ2v) is 7.99. The molecule has 2 aromatic carbocycles. The fraction of sp³-hybridized carbons (Fsp3) is 0.360. The molecule has 9 heteroatoms. The molecule has 34 heavy (non-hydrogen) atoms. The first-order chi connectivity index (χ1) is 16.4. The highest BCUT2D eigenvalue weighted by Gasteiger charge is 2.21. The Labute approximate surface area is 198 Å². The number of carbonyl (C=O) groups excluding carboxylic acids is 3. The number of benzene rings is 2. The van der Waals surface area contributed by atoms with E-state index in [-0.39, 0.29) is 18.7 Å². The van der Waals surface area contributed by atoms with Crippen LogP contribution in [-0.4, -0.2) is 34.0 Å². The molecule has 0 heterocycles. The van der Waals surface area contributed by atoms with Crippen molar-refractivity contribution in [3.8, 4) is 0 Å². The maximum Gasteiger partial charge on any atom is 0.330 e. The van der Waals surface area contributed by atoms with Gasteiger partial charge in [-0.05, 0) is 29.5 Å². The summed E-state index contributed by atoms with van der Waals surface area (Å²) in [6.45, 7) is 0.191. The topological polar surface area (TPSA) is 145 Å². The van der Waals surface area contributed by atoms with Gasteiger partial charge in [0.1, 0.15) is 5.78 Å². The van der Waals surface area contributed by atoms with Crippen LogP contribution in [0.3, 0.4) is 0 Å². The van der Waals surface area contributed by atoms with Gasteiger partial charge in [0.25, 0.3) is 0 Å². The summed E-state index contributed by atoms with van der Waals surface area (Å²) in [6.07, 6.45) is 4.08. The van der Waals surface area contributed by atoms with Crippen LogP contribution >= 0.6 is 0 Å². The lowest BCUT2D eigenvalue weighted by Gasteiger charge is -2.15. The molecule has 0 fully saturated rings. The summed E-state index contributed by atoms with van der Waals surface area (Å²) in [5.74, 6) is -1.44. The largest absolute Gasteiger partial charge is 0.479 e. The second-order valence-electron chi connectivity index (χ2n) is 7.99. The molecule has 5 N–H and O–H groups in total. The first-order valence-electron chi connectivity index (χ1n) is 11.2. The van der Waals surface area contributed by atoms with Gasteiger partial charge in [-0.25, -0.2) is 15.1 Å². The van der Waals surface area contributed by atoms with Crippen LogP contribution in [0, 0.1) is 0 Å². The van der Waals surface area contributed by atoms with E-state index < -0.39 is 23.9 Å². The summed E-state index contributed by atoms with van der Waals surface area (Å²) in [5, 5.41) is 23.0. The maximum absolute atomic E-state index is 12.3. The van der Waals surface area contributed by atoms with E-state index >= 15 is 0 Å². The minimum atomic E-state index is -1.16. The van der Waals surface area contributed by atoms with Gasteiger partial charge < -0.3 is 15.7 Å². The van der Waals surface area contributed by atoms with Gasteiger partial charge in [0.05, 0.1) is 0 Å². The third-order valence-electron chi connectivity index (χ3n) is 5.24. The fourth-order valence-corrected chi connectivity index (χ4v) is 3.48. The zero-order valence-corrected chi connectivity index (χ0v) is 19.0. The van der Waals surface area contributed by atoms with Crippen LogP contribution in [0.5, 0.6) is 0 Å². The zero-order chi connectivity index (χ0) is 24.8. The van der Waals surface area contributed by atoms with Crippen molar-refractivity contribution in [2.45, 2.75) is 57.5 Å². The lowest BCUT2D eigenvalue weighted by atomic mass is 10.0. The minimum absolute atomic E-state index is 0.114. The molecule has 182 valence electrons. The third kappa shape index (κ3) is 9.83. The smallest absolute Gasteiger partial charge is 0.330 e. The van der Waals surface area contributed by atoms with Crippen LogP contribution in [0.2, 0.25) is 0 Å². The average molecular weight is 470 g/mol. The minimum Gasteiger partial charge on any atom is -0.479 e. The molecule has 0 aliphatic rings. The van der Waals surface area contributed by atoms with Gasteiger partial charge in [0, 0.05) is 25.8 Å². The monoisotopic (exact) mass is 469 g/mol. The van der Waals surface area contributed by atoms with Crippen molar-refractivity contribution < 1.29 is 29.5 Å². The highest BCUT2D eigenvalue weighted by molar-refractivity contribution is 5.83. The molecule has 0 aliphatic heterocycles. The van der Waals surface area contributed by atoms with E-state index in [4.69, 9.17) is 5.21 Å². The molecule has 3 amide bonds. The number of unbranched alkanes of at least 4 members (excludes halogenated alkanes) is 3. The van der Waals surface area contributed by atoms with Crippen LogP contribution in [-0.2, 0) is 27.3 Å². The van der Waals surface area contributed by atoms with Gasteiger partial charge in [-0.1, -0.05) is 67.4 Å². The van der Waals surface area contributed by atoms with E-state index in [9.17, 15) is 24.3 Å². The molecule has 1 atom stereocenters. The predicted molar refractivity (Wildman–Crippen MR) is 125 cm³/mol. The molecule has 2 rings (SSSR count). The van der Waals surface area contributed by atoms with Gasteiger partial charge in [-0.2, -0.15) is 0 Å². The molecule has 0 saturated heterocycles. The van der Waals surface area contributed by atoms with E-state index in [1.54, 1.807) is 35.8 Å². The van der Waals surface area contributed by atoms with Crippen LogP contribution in [0.4, 0.5) is 4.79 Å². The molecule has 2 aromatic rings. The Kier molecular flexibility index (Phi) is 11.3. The van der Waals surface area contributed by atoms with Crippen molar-refractivity contribution in [2.75, 3.05) is 0 Å². The summed E-state index contributed by atoms with van der Waals surface area (Å²) in [4.78, 5) is 47.0. The number of amides is 3. The average Bonchev–Trinajstić information content (AvgIpc) is 2.83. The number of hydroxylamine groups is 1. The van der Waals surface area contributed by atoms with Crippen LogP contribution < -0.4 is 16.1 Å². The fourth-order valence-electron chi connectivity index (χ4n) is 3.48. The van der Waals surface area contributed by atoms with Crippen molar-refractivity contribution in [3.63, 3.8) is 0 Å². The lowest BCUT2D eigenvalue weighted by molar-refractivity contribution is -0.139. The molecule has 0 saturated carbocycles. The Bertz CT molecular complexity index is 964. The Morgan fingerprint density at radius 3 is 2.18 bits per heavy atom. The van der Waals surface area contributed by atoms with Gasteiger partial charge in [-0.15, -0.1) is 0 Å². The van der Waals surface area contributed by atoms with Crippen molar-refractivity contribution >= 4 is 23.7 Å². The number of urea groups is 1. The highest BCUT2D eigenvalue weighted by Crippen LogP contribution is 2.13. The summed E-state index contributed by atoms with van der Waals surface area (Å²) < 4.78 is 0. The molecule has 0 aliphatic carbocycles. The molecule has 9 nitrogen and oxygen atoms in total. The molecular weight excluding hydrogens is 438 g/mol. The zero-order valence-electron chi connectivity index (χ0n) is 19.0. The highest BCUT2D eigenvalue weighted by atomic mass is 16.5. The number of nitrogens with one attached hydrogen (secondary N) is 3. The number of carboxylic acid groups (broad SMARTS) is 1. The predicted octanol–water partition coefficient (Wildman–Crippen LogP) is 3.27. The lowest BCUT2D eigenvalue weighted by Crippen LogP contribution is -2.40. The maximum atomic E-state index is 12.3. The number of aliphatic carboxylic acids is 1. The van der Waals surface area contributed by atoms with E-state index in [0.29, 0.717) is 24.8 Å². The standard InChI is InChI=1S/C25H31N3O6/c29-21(13-6-1-2-7-14-22(30)28-34)16-18-9-8-10-19(15-18)17-26-25(33)27-23(24(31)32)20-11-4-3-5-12-20/h3-5,8-12,15,23,34H,1-2,6-7,13-14,16-17H2,(H,28,30)(H,31,32)(H2,26,27,33)/t23-/m0/s1. The first-order valence-corrected chi connectivity index (χ1v) is 11.2. The number of hydrogen-bond acceptors (Lipinski definition) is 5. The molecule has 0 spiro atoms. The summed E-state index contributed by atoms with van der Waals surface area (Å²) in [7, 11) is 0. The van der Waals surface area contributed by atoms with Crippen molar-refractivity contribution in [1.29, 1.82) is 0 Å². The van der Waals surface area contributed by atoms with Gasteiger partial charge >= 0.3 is 12.0 Å². The Hall–Kier alpha value is -3.72. The first kappa shape index (κ1) is 26.5. The summed E-state index contributed by atoms with van der Waals surface area (Å²) in [6, 6.07) is 14.0. The summed E-state index contributed by atoms with van der Waals surface area (Å²) in [5.41, 5.74) is 3.72. The molecule has 0 unspecified atom stereocenters. The van der Waals surface area contributed by atoms with Gasteiger partial charge in [0.15, 0.2) is 6.04 Å². The number of Topliss-reactive ketones (excluding diaryl/α,β-unsaturated/α-hetero) is 1. The number of ketones is 1. The molecule has 0 aromatic heterocycles. The van der Waals surface area contributed by atoms with Crippen molar-refractivity contribution in [1.82, 2.24) is 16.1 Å². The molecule has 0 radical (unpaired) electrons. The van der Waals surface area contributed by atoms with Crippen LogP contribution in [0.25, 0.3) is 0 Å². The Balaban J connectivity index is 1.75. The SMILES string of the molecule is O=C(CCCCCCC(=O)NO)Cc1cccc(CNC(=O)N[C@H](C(=O)O)c2ccccc2)c1. The van der Waals surface area contributed by atoms with Crippen molar-refractivity contribution in [2.24, 2.45) is 0 Å². The van der Waals surface area contributed by atoms with Crippen molar-refractivity contribution in [3.05, 3.63) is 71.3 Å². The summed E-state index contributed by atoms with van der Waals surface area (Å²) >= 11 is 0. The van der Waals surface area contributed by atoms with E-state index in [1.807, 2.05) is 24.3 Å². The van der Waals surface area contributed by atoms with Gasteiger partial charge in [-0.3, -0.25) is 14.8 Å². The van der Waals surface area contributed by atoms with Crippen LogP contribution in [0.1, 0.15) is 61.3 Å². The quantitative estimate of drug-likeness (QED) is 0.163. The Morgan fingerprint density at radius 2 is 1.50 bits per heavy atom. The number of hydrogen-bond donors (Lipinski definition) is 5. The van der Waals surface area contributed by atoms with E-state index in [1.165, 1.54) is 0 Å². The number of carbonyl (C=O) groups is 4. The third-order valence-corrected chi connectivity index (χ3v) is 5.24. The number of carboxylic acids is 1. The van der Waals surface area contributed by atoms with E-state index in [2.05, 4.69) is 10.6 Å². The van der Waals surface area contributed by atoms with Gasteiger partial charge in [0.2, 0.25) is 5.91 Å². The van der Waals surface area contributed by atoms with Crippen LogP contribution in [0.15, 0.2) is 54.6 Å². The number of rotatable bonds is 14. The normalized spacial score (nSPS) is 11.3. The molecular formula is C25H31N3O6. The Morgan fingerprint density at radius 1 is 0.824 bits per heavy atom. The van der Waals surface area contributed by atoms with E-state index in [0.717, 1.165) is 30.4 Å². The second kappa shape index (κ2) is 14.4.